The summed E-state index contributed by atoms with van der Waals surface area (Å²) >= 11 is 10.1. The first kappa shape index (κ1) is 46.9. The van der Waals surface area contributed by atoms with Crippen molar-refractivity contribution in [2.24, 2.45) is 0 Å². The smallest absolute Gasteiger partial charge is 0.426 e. The first-order valence-corrected chi connectivity index (χ1v) is 24.0. The summed E-state index contributed by atoms with van der Waals surface area (Å²) in [6, 6.07) is 27.9. The van der Waals surface area contributed by atoms with Gasteiger partial charge in [0, 0.05) is 53.0 Å². The number of benzene rings is 4. The number of β-lactam (4-membered cyclic amide) rings is 1. The maximum Gasteiger partial charge on any atom is 0.426 e. The summed E-state index contributed by atoms with van der Waals surface area (Å²) in [6.07, 6.45) is -1.11. The molecule has 8 aromatic rings. The minimum Gasteiger partial charge on any atom is -0.493 e. The molecule has 1 aliphatic rings. The third-order valence-electron chi connectivity index (χ3n) is 12.1. The number of carbonyl (C=O) groups excluding carboxylic acids is 1. The van der Waals surface area contributed by atoms with E-state index in [1.54, 1.807) is 51.9 Å². The van der Waals surface area contributed by atoms with Gasteiger partial charge in [-0.3, -0.25) is 4.79 Å². The average Bonchev–Trinajstić information content (AvgIpc) is 4.04. The molecule has 3 atom stereocenters. The number of halogens is 1. The molecular weight excluding hydrogens is 936 g/mol. The van der Waals surface area contributed by atoms with Gasteiger partial charge in [-0.2, -0.15) is 0 Å². The second-order valence-electron chi connectivity index (χ2n) is 16.5. The van der Waals surface area contributed by atoms with Crippen molar-refractivity contribution in [3.63, 3.8) is 0 Å². The molecule has 0 saturated carbocycles. The van der Waals surface area contributed by atoms with Crippen molar-refractivity contribution in [1.82, 2.24) is 30.0 Å². The van der Waals surface area contributed by atoms with E-state index in [2.05, 4.69) is 39.7 Å². The highest BCUT2D eigenvalue weighted by Gasteiger charge is 2.44. The molecule has 0 spiro atoms. The van der Waals surface area contributed by atoms with Crippen LogP contribution in [0.2, 0.25) is 5.02 Å². The number of hydrazine groups is 1. The van der Waals surface area contributed by atoms with E-state index in [4.69, 9.17) is 40.5 Å². The van der Waals surface area contributed by atoms with Crippen LogP contribution < -0.4 is 29.6 Å². The van der Waals surface area contributed by atoms with Gasteiger partial charge in [-0.25, -0.2) is 34.7 Å². The van der Waals surface area contributed by atoms with E-state index in [0.717, 1.165) is 51.9 Å². The molecule has 1 aliphatic heterocycles. The zero-order valence-electron chi connectivity index (χ0n) is 39.1. The van der Waals surface area contributed by atoms with E-state index in [1.807, 2.05) is 87.5 Å². The lowest BCUT2D eigenvalue weighted by atomic mass is 9.91. The molecule has 3 unspecified atom stereocenters. The monoisotopic (exact) mass is 984 g/mol. The van der Waals surface area contributed by atoms with Crippen molar-refractivity contribution < 1.29 is 33.6 Å². The van der Waals surface area contributed by atoms with Crippen molar-refractivity contribution in [3.8, 4) is 43.9 Å². The molecule has 18 heteroatoms. The van der Waals surface area contributed by atoms with E-state index in [9.17, 15) is 14.7 Å². The van der Waals surface area contributed by atoms with Gasteiger partial charge in [-0.1, -0.05) is 48.0 Å². The van der Waals surface area contributed by atoms with Gasteiger partial charge in [0.2, 0.25) is 5.91 Å². The van der Waals surface area contributed by atoms with Gasteiger partial charge in [0.05, 0.1) is 70.6 Å². The number of nitrogens with zero attached hydrogens (tertiary/aromatic N) is 6. The van der Waals surface area contributed by atoms with Crippen molar-refractivity contribution >= 4 is 79.7 Å². The zero-order chi connectivity index (χ0) is 48.7. The summed E-state index contributed by atoms with van der Waals surface area (Å²) in [7, 11) is 6.36. The molecule has 15 nitrogen and oxygen atoms in total. The Morgan fingerprint density at radius 1 is 0.739 bits per heavy atom. The number of fused-ring (bicyclic) bond motifs is 2. The molecule has 0 aliphatic carbocycles. The summed E-state index contributed by atoms with van der Waals surface area (Å²) < 4.78 is 22.2. The van der Waals surface area contributed by atoms with Crippen LogP contribution in [0, 0.1) is 13.8 Å². The maximum absolute atomic E-state index is 13.6. The normalized spacial score (nSPS) is 14.3. The molecule has 5 heterocycles. The van der Waals surface area contributed by atoms with Crippen LogP contribution in [0.4, 0.5) is 16.4 Å². The highest BCUT2D eigenvalue weighted by atomic mass is 35.5. The van der Waals surface area contributed by atoms with Crippen LogP contribution in [0.5, 0.6) is 23.0 Å². The third-order valence-corrected chi connectivity index (χ3v) is 15.0. The molecule has 1 fully saturated rings. The van der Waals surface area contributed by atoms with E-state index >= 15 is 0 Å². The first-order chi connectivity index (χ1) is 33.3. The number of anilines is 2. The summed E-state index contributed by atoms with van der Waals surface area (Å²) in [5, 5.41) is 22.5. The van der Waals surface area contributed by atoms with Crippen LogP contribution in [0.3, 0.4) is 0 Å². The largest absolute Gasteiger partial charge is 0.493 e. The summed E-state index contributed by atoms with van der Waals surface area (Å²) in [4.78, 5) is 49.4. The van der Waals surface area contributed by atoms with Crippen LogP contribution in [0.15, 0.2) is 91.0 Å². The predicted molar refractivity (Wildman–Crippen MR) is 271 cm³/mol. The molecule has 0 radical (unpaired) electrons. The van der Waals surface area contributed by atoms with E-state index in [0.29, 0.717) is 67.9 Å². The number of ether oxygens (including phenoxy) is 4. The van der Waals surface area contributed by atoms with Crippen molar-refractivity contribution in [3.05, 3.63) is 129 Å². The Kier molecular flexibility index (Phi) is 13.2. The number of amides is 2. The van der Waals surface area contributed by atoms with E-state index in [-0.39, 0.29) is 31.0 Å². The molecule has 4 aromatic carbocycles. The number of carbonyl (C=O) groups is 2. The molecule has 1 saturated heterocycles. The molecule has 2 amide bonds. The Balaban J connectivity index is 0.957. The number of carboxylic acid groups (broad SMARTS) is 1. The Bertz CT molecular complexity index is 3270. The number of hydrogen-bond acceptors (Lipinski definition) is 14. The van der Waals surface area contributed by atoms with Gasteiger partial charge in [-0.05, 0) is 86.8 Å². The number of aromatic nitrogens is 4. The lowest BCUT2D eigenvalue weighted by Gasteiger charge is -2.46. The lowest BCUT2D eigenvalue weighted by molar-refractivity contribution is -0.173. The van der Waals surface area contributed by atoms with Crippen LogP contribution in [0.1, 0.15) is 70.9 Å². The van der Waals surface area contributed by atoms with Crippen molar-refractivity contribution in [2.45, 2.75) is 58.8 Å². The number of thiophene rings is 2. The Hall–Kier alpha value is -7.21. The van der Waals surface area contributed by atoms with Crippen molar-refractivity contribution in [2.75, 3.05) is 39.1 Å². The molecule has 0 bridgehead atoms. The lowest BCUT2D eigenvalue weighted by Crippen LogP contribution is -2.57. The second-order valence-corrected chi connectivity index (χ2v) is 19.1. The minimum atomic E-state index is -1.26. The van der Waals surface area contributed by atoms with Gasteiger partial charge < -0.3 is 34.7 Å². The highest BCUT2D eigenvalue weighted by molar-refractivity contribution is 7.16. The van der Waals surface area contributed by atoms with E-state index < -0.39 is 12.1 Å². The number of methoxy groups -OCH3 is 4. The Labute approximate surface area is 411 Å². The molecular formula is C51H49ClN8O7S2. The number of hydrogen-bond donors (Lipinski definition) is 3. The fraction of sp³-hybridized carbons (Fsp3) is 0.255. The summed E-state index contributed by atoms with van der Waals surface area (Å²) in [6.45, 7) is 7.68. The van der Waals surface area contributed by atoms with Crippen molar-refractivity contribution in [1.29, 1.82) is 0 Å². The Morgan fingerprint density at radius 3 is 1.80 bits per heavy atom. The fourth-order valence-corrected chi connectivity index (χ4v) is 11.2. The number of aryl methyl sites for hydroxylation is 2. The highest BCUT2D eigenvalue weighted by Crippen LogP contribution is 2.46. The van der Waals surface area contributed by atoms with E-state index in [1.165, 1.54) is 16.3 Å². The molecule has 69 heavy (non-hydrogen) atoms. The number of nitrogens with one attached hydrogen (secondary N) is 2. The molecule has 4 aromatic heterocycles. The van der Waals surface area contributed by atoms with Crippen LogP contribution in [-0.2, 0) is 11.3 Å². The molecule has 9 rings (SSSR count). The van der Waals surface area contributed by atoms with Gasteiger partial charge in [0.25, 0.3) is 0 Å². The summed E-state index contributed by atoms with van der Waals surface area (Å²) in [5.74, 6) is 4.51. The fourth-order valence-electron chi connectivity index (χ4n) is 8.70. The van der Waals surface area contributed by atoms with Gasteiger partial charge >= 0.3 is 6.09 Å². The van der Waals surface area contributed by atoms with Crippen LogP contribution in [-0.4, -0.2) is 75.5 Å². The van der Waals surface area contributed by atoms with Gasteiger partial charge in [0.15, 0.2) is 23.0 Å². The molecule has 3 N–H and O–H groups in total. The predicted octanol–water partition coefficient (Wildman–Crippen LogP) is 12.0. The second kappa shape index (κ2) is 19.4. The molecule has 354 valence electrons. The SMILES string of the molecule is COc1cc2nc(C)nc(NC(C)c3ccc(-c4ccccc4C4CC(=O)N4N(Cc4cccc(Cl)c4-c4ccc(C(C)Nc5nc(C)nc6cc(OC)c(OC)cc56)s4)C(=O)O)s3)c2cc1OC. The maximum atomic E-state index is 13.6. The van der Waals surface area contributed by atoms with Crippen LogP contribution in [0.25, 0.3) is 42.7 Å². The van der Waals surface area contributed by atoms with Gasteiger partial charge in [-0.15, -0.1) is 22.7 Å². The number of rotatable bonds is 16. The zero-order valence-corrected chi connectivity index (χ0v) is 41.5. The standard InChI is InChI=1S/C51H49ClN8O7S2/c1-26(53-49-33-20-39(64-5)41(66-7)22-36(33)55-28(3)57-49)43-16-18-45(68-43)32-14-10-9-13-31(32)38-24-47(61)60(38)59(51(62)63)25-30-12-11-15-35(52)48(30)46-19-17-44(69-46)27(2)54-50-34-21-40(65-6)42(67-8)23-37(34)56-29(4)58-50/h9-23,26-27,38H,24-25H2,1-8H3,(H,62,63)(H,53,55,57)(H,54,56,58). The summed E-state index contributed by atoms with van der Waals surface area (Å²) in [5.41, 5.74) is 4.54. The quantitative estimate of drug-likeness (QED) is 0.0781. The minimum absolute atomic E-state index is 0.115. The third kappa shape index (κ3) is 9.12. The van der Waals surface area contributed by atoms with Gasteiger partial charge in [0.1, 0.15) is 23.3 Å². The van der Waals surface area contributed by atoms with Crippen LogP contribution >= 0.6 is 34.3 Å². The first-order valence-electron chi connectivity index (χ1n) is 22.0. The Morgan fingerprint density at radius 2 is 1.26 bits per heavy atom. The topological polar surface area (TPSA) is 173 Å². The average molecular weight is 986 g/mol.